The van der Waals surface area contributed by atoms with Crippen LogP contribution in [0.1, 0.15) is 57.9 Å². The molecular weight excluding hydrogens is 280 g/mol. The maximum Gasteiger partial charge on any atom is 0.313 e. The Morgan fingerprint density at radius 2 is 2.05 bits per heavy atom. The lowest BCUT2D eigenvalue weighted by Crippen LogP contribution is -2.18. The molecule has 2 unspecified atom stereocenters. The minimum Gasteiger partial charge on any atom is -0.504 e. The Labute approximate surface area is 133 Å². The van der Waals surface area contributed by atoms with Gasteiger partial charge in [-0.25, -0.2) is 0 Å². The van der Waals surface area contributed by atoms with Gasteiger partial charge >= 0.3 is 5.97 Å². The number of carbonyl (C=O) groups excluding carboxylic acids is 1. The molecule has 4 heteroatoms. The van der Waals surface area contributed by atoms with Crippen LogP contribution in [0.3, 0.4) is 0 Å². The zero-order chi connectivity index (χ0) is 16.5. The molecule has 1 aromatic carbocycles. The van der Waals surface area contributed by atoms with Gasteiger partial charge in [0.05, 0.1) is 19.6 Å². The number of ether oxygens (including phenoxy) is 2. The predicted molar refractivity (Wildman–Crippen MR) is 87.3 cm³/mol. The molecule has 0 spiro atoms. The van der Waals surface area contributed by atoms with E-state index >= 15 is 0 Å². The third kappa shape index (κ3) is 5.24. The number of methoxy groups -OCH3 is 1. The Morgan fingerprint density at radius 1 is 1.32 bits per heavy atom. The zero-order valence-electron chi connectivity index (χ0n) is 14.1. The van der Waals surface area contributed by atoms with Gasteiger partial charge in [0, 0.05) is 0 Å². The SMILES string of the molecule is CCCCC(CC)COC(=O)C(C)c1ccc(OC)c(O)c1. The van der Waals surface area contributed by atoms with Crippen LogP contribution in [0.4, 0.5) is 0 Å². The van der Waals surface area contributed by atoms with Crippen molar-refractivity contribution in [3.8, 4) is 11.5 Å². The highest BCUT2D eigenvalue weighted by Gasteiger charge is 2.19. The Hall–Kier alpha value is -1.71. The highest BCUT2D eigenvalue weighted by molar-refractivity contribution is 5.78. The number of hydrogen-bond donors (Lipinski definition) is 1. The molecule has 1 rings (SSSR count). The van der Waals surface area contributed by atoms with Crippen LogP contribution < -0.4 is 4.74 Å². The van der Waals surface area contributed by atoms with E-state index in [1.807, 2.05) is 0 Å². The topological polar surface area (TPSA) is 55.8 Å². The minimum atomic E-state index is -0.402. The van der Waals surface area contributed by atoms with Gasteiger partial charge in [-0.2, -0.15) is 0 Å². The first-order valence-electron chi connectivity index (χ1n) is 8.06. The summed E-state index contributed by atoms with van der Waals surface area (Å²) in [7, 11) is 1.49. The zero-order valence-corrected chi connectivity index (χ0v) is 14.1. The summed E-state index contributed by atoms with van der Waals surface area (Å²) >= 11 is 0. The molecule has 0 saturated heterocycles. The Balaban J connectivity index is 2.59. The molecule has 0 saturated carbocycles. The van der Waals surface area contributed by atoms with Crippen LogP contribution in [0.15, 0.2) is 18.2 Å². The van der Waals surface area contributed by atoms with Gasteiger partial charge in [0.2, 0.25) is 0 Å². The third-order valence-electron chi connectivity index (χ3n) is 4.06. The van der Waals surface area contributed by atoms with E-state index in [0.29, 0.717) is 18.3 Å². The van der Waals surface area contributed by atoms with Gasteiger partial charge in [0.1, 0.15) is 0 Å². The van der Waals surface area contributed by atoms with E-state index in [0.717, 1.165) is 31.2 Å². The highest BCUT2D eigenvalue weighted by atomic mass is 16.5. The fraction of sp³-hybridized carbons (Fsp3) is 0.611. The molecule has 0 aliphatic heterocycles. The number of rotatable bonds is 9. The second kappa shape index (κ2) is 9.34. The largest absolute Gasteiger partial charge is 0.504 e. The number of aromatic hydroxyl groups is 1. The summed E-state index contributed by atoms with van der Waals surface area (Å²) in [4.78, 5) is 12.2. The van der Waals surface area contributed by atoms with E-state index in [1.54, 1.807) is 25.1 Å². The summed E-state index contributed by atoms with van der Waals surface area (Å²) < 4.78 is 10.5. The molecule has 0 amide bonds. The first-order valence-corrected chi connectivity index (χ1v) is 8.06. The number of phenolic OH excluding ortho intramolecular Hbond substituents is 1. The van der Waals surface area contributed by atoms with Crippen LogP contribution in [0.2, 0.25) is 0 Å². The lowest BCUT2D eigenvalue weighted by molar-refractivity contribution is -0.146. The molecule has 0 heterocycles. The van der Waals surface area contributed by atoms with Gasteiger partial charge in [-0.1, -0.05) is 39.2 Å². The summed E-state index contributed by atoms with van der Waals surface area (Å²) in [6, 6.07) is 4.99. The molecule has 0 aliphatic rings. The van der Waals surface area contributed by atoms with E-state index in [-0.39, 0.29) is 11.7 Å². The van der Waals surface area contributed by atoms with Crippen LogP contribution in [0, 0.1) is 5.92 Å². The molecule has 124 valence electrons. The Kier molecular flexibility index (Phi) is 7.78. The molecule has 0 radical (unpaired) electrons. The quantitative estimate of drug-likeness (QED) is 0.692. The molecule has 2 atom stereocenters. The molecule has 0 bridgehead atoms. The molecule has 22 heavy (non-hydrogen) atoms. The summed E-state index contributed by atoms with van der Waals surface area (Å²) in [5, 5.41) is 9.80. The van der Waals surface area contributed by atoms with Crippen molar-refractivity contribution in [3.05, 3.63) is 23.8 Å². The smallest absolute Gasteiger partial charge is 0.313 e. The van der Waals surface area contributed by atoms with Gasteiger partial charge in [-0.05, 0) is 37.0 Å². The number of phenols is 1. The number of carbonyl (C=O) groups is 1. The average molecular weight is 308 g/mol. The Bertz CT molecular complexity index is 470. The average Bonchev–Trinajstić information content (AvgIpc) is 2.54. The fourth-order valence-electron chi connectivity index (χ4n) is 2.34. The minimum absolute atomic E-state index is 0.0361. The first-order chi connectivity index (χ1) is 10.5. The van der Waals surface area contributed by atoms with Crippen LogP contribution in [0.25, 0.3) is 0 Å². The predicted octanol–water partition coefficient (Wildman–Crippen LogP) is 4.26. The van der Waals surface area contributed by atoms with Crippen LogP contribution in [-0.2, 0) is 9.53 Å². The summed E-state index contributed by atoms with van der Waals surface area (Å²) in [6.07, 6.45) is 4.44. The highest BCUT2D eigenvalue weighted by Crippen LogP contribution is 2.30. The number of esters is 1. The van der Waals surface area contributed by atoms with E-state index in [9.17, 15) is 9.90 Å². The number of unbranched alkanes of at least 4 members (excludes halogenated alkanes) is 1. The summed E-state index contributed by atoms with van der Waals surface area (Å²) in [6.45, 7) is 6.55. The molecule has 0 aromatic heterocycles. The lowest BCUT2D eigenvalue weighted by Gasteiger charge is -2.17. The summed E-state index contributed by atoms with van der Waals surface area (Å²) in [5.74, 6) is 0.212. The maximum atomic E-state index is 12.2. The third-order valence-corrected chi connectivity index (χ3v) is 4.06. The van der Waals surface area contributed by atoms with Crippen LogP contribution in [-0.4, -0.2) is 24.8 Å². The first kappa shape index (κ1) is 18.3. The molecule has 4 nitrogen and oxygen atoms in total. The fourth-order valence-corrected chi connectivity index (χ4v) is 2.34. The molecule has 0 fully saturated rings. The van der Waals surface area contributed by atoms with Crippen molar-refractivity contribution in [1.82, 2.24) is 0 Å². The number of hydrogen-bond acceptors (Lipinski definition) is 4. The Morgan fingerprint density at radius 3 is 2.59 bits per heavy atom. The van der Waals surface area contributed by atoms with Crippen molar-refractivity contribution in [3.63, 3.8) is 0 Å². The second-order valence-corrected chi connectivity index (χ2v) is 5.70. The summed E-state index contributed by atoms with van der Waals surface area (Å²) in [5.41, 5.74) is 0.727. The van der Waals surface area contributed by atoms with E-state index in [2.05, 4.69) is 13.8 Å². The van der Waals surface area contributed by atoms with Gasteiger partial charge in [0.15, 0.2) is 11.5 Å². The lowest BCUT2D eigenvalue weighted by atomic mass is 9.99. The van der Waals surface area contributed by atoms with Crippen molar-refractivity contribution in [2.75, 3.05) is 13.7 Å². The molecular formula is C18H28O4. The normalized spacial score (nSPS) is 13.5. The second-order valence-electron chi connectivity index (χ2n) is 5.70. The standard InChI is InChI=1S/C18H28O4/c1-5-7-8-14(6-2)12-22-18(20)13(3)15-9-10-17(21-4)16(19)11-15/h9-11,13-14,19H,5-8,12H2,1-4H3. The van der Waals surface area contributed by atoms with Gasteiger partial charge in [0.25, 0.3) is 0 Å². The van der Waals surface area contributed by atoms with E-state index < -0.39 is 5.92 Å². The van der Waals surface area contributed by atoms with Gasteiger partial charge < -0.3 is 14.6 Å². The van der Waals surface area contributed by atoms with E-state index in [1.165, 1.54) is 7.11 Å². The van der Waals surface area contributed by atoms with E-state index in [4.69, 9.17) is 9.47 Å². The molecule has 0 aliphatic carbocycles. The molecule has 1 N–H and O–H groups in total. The van der Waals surface area contributed by atoms with Crippen LogP contribution >= 0.6 is 0 Å². The van der Waals surface area contributed by atoms with Crippen LogP contribution in [0.5, 0.6) is 11.5 Å². The van der Waals surface area contributed by atoms with Crippen molar-refractivity contribution in [1.29, 1.82) is 0 Å². The van der Waals surface area contributed by atoms with Gasteiger partial charge in [-0.3, -0.25) is 4.79 Å². The monoisotopic (exact) mass is 308 g/mol. The number of benzene rings is 1. The van der Waals surface area contributed by atoms with Crippen molar-refractivity contribution in [2.45, 2.75) is 52.4 Å². The van der Waals surface area contributed by atoms with Gasteiger partial charge in [-0.15, -0.1) is 0 Å². The van der Waals surface area contributed by atoms with Crippen molar-refractivity contribution >= 4 is 5.97 Å². The van der Waals surface area contributed by atoms with Crippen molar-refractivity contribution < 1.29 is 19.4 Å². The van der Waals surface area contributed by atoms with Crippen molar-refractivity contribution in [2.24, 2.45) is 5.92 Å². The maximum absolute atomic E-state index is 12.2. The molecule has 1 aromatic rings.